The maximum Gasteiger partial charge on any atom is 0.152 e. The number of nitrogens with two attached hydrogens (primary N) is 1. The molecule has 1 saturated heterocycles. The van der Waals surface area contributed by atoms with Gasteiger partial charge < -0.3 is 11.1 Å². The number of thiocarbonyl (C=S) groups is 1. The van der Waals surface area contributed by atoms with Crippen molar-refractivity contribution in [2.75, 3.05) is 16.8 Å². The molecule has 0 aliphatic carbocycles. The topological polar surface area (TPSA) is 85.1 Å². The minimum atomic E-state index is -2.95. The molecule has 0 bridgehead atoms. The summed E-state index contributed by atoms with van der Waals surface area (Å²) in [6, 6.07) is 3.56. The number of nitrogens with zero attached hydrogens (tertiary/aromatic N) is 1. The standard InChI is InChI=1S/C12H17N3O2S2/c1-8-5-9(11(13)18)6-10(14-8)15-12(2)3-4-19(16,17)7-12/h5-6H,3-4,7H2,1-2H3,(H2,13,18)(H,14,15). The summed E-state index contributed by atoms with van der Waals surface area (Å²) in [6.45, 7) is 3.74. The molecule has 1 atom stereocenters. The van der Waals surface area contributed by atoms with E-state index in [1.807, 2.05) is 13.8 Å². The molecule has 3 N–H and O–H groups in total. The summed E-state index contributed by atoms with van der Waals surface area (Å²) in [5.41, 5.74) is 6.66. The van der Waals surface area contributed by atoms with Gasteiger partial charge >= 0.3 is 0 Å². The Morgan fingerprint density at radius 3 is 2.74 bits per heavy atom. The van der Waals surface area contributed by atoms with Gasteiger partial charge in [-0.15, -0.1) is 0 Å². The van der Waals surface area contributed by atoms with E-state index in [2.05, 4.69) is 10.3 Å². The molecule has 1 aliphatic rings. The first-order valence-corrected chi connectivity index (χ1v) is 8.19. The van der Waals surface area contributed by atoms with Crippen LogP contribution >= 0.6 is 12.2 Å². The molecule has 7 heteroatoms. The number of hydrogen-bond acceptors (Lipinski definition) is 5. The smallest absolute Gasteiger partial charge is 0.152 e. The van der Waals surface area contributed by atoms with Gasteiger partial charge in [-0.25, -0.2) is 13.4 Å². The lowest BCUT2D eigenvalue weighted by atomic mass is 10.0. The summed E-state index contributed by atoms with van der Waals surface area (Å²) >= 11 is 4.95. The Morgan fingerprint density at radius 1 is 1.53 bits per heavy atom. The van der Waals surface area contributed by atoms with Gasteiger partial charge in [-0.1, -0.05) is 12.2 Å². The molecule has 1 aliphatic heterocycles. The Hall–Kier alpha value is -1.21. The van der Waals surface area contributed by atoms with Gasteiger partial charge in [0.2, 0.25) is 0 Å². The molecule has 0 aromatic carbocycles. The predicted molar refractivity (Wildman–Crippen MR) is 80.2 cm³/mol. The number of anilines is 1. The van der Waals surface area contributed by atoms with Crippen LogP contribution in [-0.4, -0.2) is 35.4 Å². The molecule has 0 saturated carbocycles. The van der Waals surface area contributed by atoms with Crippen molar-refractivity contribution in [3.8, 4) is 0 Å². The van der Waals surface area contributed by atoms with E-state index in [4.69, 9.17) is 18.0 Å². The molecule has 5 nitrogen and oxygen atoms in total. The molecular weight excluding hydrogens is 282 g/mol. The monoisotopic (exact) mass is 299 g/mol. The zero-order valence-electron chi connectivity index (χ0n) is 10.9. The average molecular weight is 299 g/mol. The SMILES string of the molecule is Cc1cc(C(N)=S)cc(NC2(C)CCS(=O)(=O)C2)n1. The lowest BCUT2D eigenvalue weighted by Crippen LogP contribution is -2.36. The van der Waals surface area contributed by atoms with Gasteiger partial charge in [0.25, 0.3) is 0 Å². The van der Waals surface area contributed by atoms with Gasteiger partial charge in [-0.05, 0) is 32.4 Å². The zero-order chi connectivity index (χ0) is 14.3. The number of sulfone groups is 1. The van der Waals surface area contributed by atoms with Crippen molar-refractivity contribution in [1.82, 2.24) is 4.98 Å². The first kappa shape index (κ1) is 14.2. The third-order valence-corrected chi connectivity index (χ3v) is 5.31. The number of rotatable bonds is 3. The highest BCUT2D eigenvalue weighted by Crippen LogP contribution is 2.27. The molecule has 104 valence electrons. The predicted octanol–water partition coefficient (Wildman–Crippen LogP) is 1.01. The lowest BCUT2D eigenvalue weighted by Gasteiger charge is -2.25. The number of nitrogens with one attached hydrogen (secondary N) is 1. The van der Waals surface area contributed by atoms with Crippen molar-refractivity contribution in [2.24, 2.45) is 5.73 Å². The Kier molecular flexibility index (Phi) is 3.53. The second kappa shape index (κ2) is 4.72. The Labute approximate surface area is 118 Å². The van der Waals surface area contributed by atoms with E-state index in [1.54, 1.807) is 12.1 Å². The van der Waals surface area contributed by atoms with Crippen molar-refractivity contribution >= 4 is 32.9 Å². The largest absolute Gasteiger partial charge is 0.389 e. The van der Waals surface area contributed by atoms with Crippen molar-refractivity contribution in [3.63, 3.8) is 0 Å². The highest BCUT2D eigenvalue weighted by atomic mass is 32.2. The van der Waals surface area contributed by atoms with Gasteiger partial charge in [-0.2, -0.15) is 0 Å². The lowest BCUT2D eigenvalue weighted by molar-refractivity contribution is 0.572. The normalized spacial score (nSPS) is 25.2. The second-order valence-corrected chi connectivity index (χ2v) is 7.90. The second-order valence-electron chi connectivity index (χ2n) is 5.27. The molecule has 1 aromatic heterocycles. The minimum absolute atomic E-state index is 0.123. The van der Waals surface area contributed by atoms with E-state index in [9.17, 15) is 8.42 Å². The van der Waals surface area contributed by atoms with E-state index in [0.717, 1.165) is 11.3 Å². The van der Waals surface area contributed by atoms with Gasteiger partial charge in [0, 0.05) is 11.3 Å². The number of aryl methyl sites for hydroxylation is 1. The fraction of sp³-hybridized carbons (Fsp3) is 0.500. The molecule has 2 heterocycles. The van der Waals surface area contributed by atoms with Gasteiger partial charge in [-0.3, -0.25) is 0 Å². The molecule has 0 amide bonds. The van der Waals surface area contributed by atoms with E-state index >= 15 is 0 Å². The Morgan fingerprint density at radius 2 is 2.21 bits per heavy atom. The number of hydrogen-bond donors (Lipinski definition) is 2. The average Bonchev–Trinajstić information content (AvgIpc) is 2.51. The van der Waals surface area contributed by atoms with Crippen LogP contribution < -0.4 is 11.1 Å². The van der Waals surface area contributed by atoms with E-state index in [1.165, 1.54) is 0 Å². The van der Waals surface area contributed by atoms with E-state index in [-0.39, 0.29) is 11.5 Å². The highest BCUT2D eigenvalue weighted by molar-refractivity contribution is 7.91. The van der Waals surface area contributed by atoms with Crippen LogP contribution in [0.2, 0.25) is 0 Å². The number of aromatic nitrogens is 1. The molecule has 1 aromatic rings. The fourth-order valence-electron chi connectivity index (χ4n) is 2.29. The third-order valence-electron chi connectivity index (χ3n) is 3.17. The molecule has 19 heavy (non-hydrogen) atoms. The summed E-state index contributed by atoms with van der Waals surface area (Å²) in [7, 11) is -2.95. The maximum atomic E-state index is 11.6. The van der Waals surface area contributed by atoms with Gasteiger partial charge in [0.15, 0.2) is 9.84 Å². The highest BCUT2D eigenvalue weighted by Gasteiger charge is 2.38. The summed E-state index contributed by atoms with van der Waals surface area (Å²) < 4.78 is 23.2. The maximum absolute atomic E-state index is 11.6. The van der Waals surface area contributed by atoms with Crippen LogP contribution in [-0.2, 0) is 9.84 Å². The first-order valence-electron chi connectivity index (χ1n) is 5.96. The van der Waals surface area contributed by atoms with Crippen LogP contribution in [0.5, 0.6) is 0 Å². The van der Waals surface area contributed by atoms with Crippen LogP contribution in [0.15, 0.2) is 12.1 Å². The number of pyridine rings is 1. The van der Waals surface area contributed by atoms with Crippen LogP contribution in [0.4, 0.5) is 5.82 Å². The van der Waals surface area contributed by atoms with Crippen LogP contribution in [0.25, 0.3) is 0 Å². The summed E-state index contributed by atoms with van der Waals surface area (Å²) in [6.07, 6.45) is 0.577. The van der Waals surface area contributed by atoms with Crippen LogP contribution in [0.1, 0.15) is 24.6 Å². The molecular formula is C12H17N3O2S2. The Balaban J connectivity index is 2.27. The molecule has 1 fully saturated rings. The summed E-state index contributed by atoms with van der Waals surface area (Å²) in [5, 5.41) is 3.20. The van der Waals surface area contributed by atoms with Crippen molar-refractivity contribution in [2.45, 2.75) is 25.8 Å². The van der Waals surface area contributed by atoms with Crippen LogP contribution in [0, 0.1) is 6.92 Å². The summed E-state index contributed by atoms with van der Waals surface area (Å²) in [5.74, 6) is 0.949. The van der Waals surface area contributed by atoms with Gasteiger partial charge in [0.05, 0.1) is 17.0 Å². The molecule has 0 spiro atoms. The van der Waals surface area contributed by atoms with Crippen molar-refractivity contribution in [1.29, 1.82) is 0 Å². The van der Waals surface area contributed by atoms with E-state index in [0.29, 0.717) is 17.2 Å². The quantitative estimate of drug-likeness (QED) is 0.810. The molecule has 0 radical (unpaired) electrons. The summed E-state index contributed by atoms with van der Waals surface area (Å²) in [4.78, 5) is 4.66. The molecule has 1 unspecified atom stereocenters. The minimum Gasteiger partial charge on any atom is -0.389 e. The van der Waals surface area contributed by atoms with Crippen LogP contribution in [0.3, 0.4) is 0 Å². The van der Waals surface area contributed by atoms with E-state index < -0.39 is 15.4 Å². The van der Waals surface area contributed by atoms with Crippen molar-refractivity contribution < 1.29 is 8.42 Å². The zero-order valence-corrected chi connectivity index (χ0v) is 12.6. The Bertz CT molecular complexity index is 628. The van der Waals surface area contributed by atoms with Gasteiger partial charge in [0.1, 0.15) is 10.8 Å². The third kappa shape index (κ3) is 3.42. The molecule has 2 rings (SSSR count). The van der Waals surface area contributed by atoms with Crippen molar-refractivity contribution in [3.05, 3.63) is 23.4 Å². The first-order chi connectivity index (χ1) is 8.69. The fourth-order valence-corrected chi connectivity index (χ4v) is 4.50.